The van der Waals surface area contributed by atoms with Gasteiger partial charge in [0, 0.05) is 17.4 Å². The largest absolute Gasteiger partial charge is 0.508 e. The minimum atomic E-state index is -1.61. The Balaban J connectivity index is 1.79. The average Bonchev–Trinajstić information content (AvgIpc) is 2.74. The monoisotopic (exact) mass is 339 g/mol. The molecule has 0 aromatic heterocycles. The number of aliphatic hydroxyl groups excluding tert-OH is 2. The second-order valence-electron chi connectivity index (χ2n) is 8.90. The number of alkyl halides is 2. The van der Waals surface area contributed by atoms with Gasteiger partial charge < -0.3 is 15.9 Å². The van der Waals surface area contributed by atoms with E-state index < -0.39 is 40.7 Å². The predicted octanol–water partition coefficient (Wildman–Crippen LogP) is 3.20. The van der Waals surface area contributed by atoms with Gasteiger partial charge in [-0.2, -0.15) is 0 Å². The first-order chi connectivity index (χ1) is 11.1. The summed E-state index contributed by atoms with van der Waals surface area (Å²) in [5, 5.41) is 20.6. The molecule has 9 atom stereocenters. The van der Waals surface area contributed by atoms with E-state index in [9.17, 15) is 14.6 Å². The summed E-state index contributed by atoms with van der Waals surface area (Å²) in [4.78, 5) is 0. The third-order valence-corrected chi connectivity index (χ3v) is 8.01. The molecule has 0 radical (unpaired) electrons. The number of halogens is 2. The second-order valence-corrected chi connectivity index (χ2v) is 8.90. The number of hydrogen-bond donors (Lipinski definition) is 3. The Hall–Kier alpha value is -0.940. The Morgan fingerprint density at radius 1 is 1.25 bits per heavy atom. The highest BCUT2D eigenvalue weighted by molar-refractivity contribution is 5.32. The highest BCUT2D eigenvalue weighted by atomic mass is 19.1. The van der Waals surface area contributed by atoms with E-state index in [1.807, 2.05) is 13.8 Å². The molecule has 4 rings (SSSR count). The maximum atomic E-state index is 16.5. The summed E-state index contributed by atoms with van der Waals surface area (Å²) in [5.74, 6) is -0.983. The van der Waals surface area contributed by atoms with Gasteiger partial charge in [0.05, 0.1) is 6.10 Å². The first-order valence-corrected chi connectivity index (χ1v) is 9.00. The van der Waals surface area contributed by atoms with Crippen molar-refractivity contribution in [2.24, 2.45) is 34.3 Å². The molecule has 0 saturated heterocycles. The van der Waals surface area contributed by atoms with Crippen LogP contribution >= 0.6 is 0 Å². The first-order valence-electron chi connectivity index (χ1n) is 9.00. The van der Waals surface area contributed by atoms with Gasteiger partial charge in [-0.3, -0.25) is 0 Å². The van der Waals surface area contributed by atoms with Crippen molar-refractivity contribution in [2.45, 2.75) is 63.5 Å². The van der Waals surface area contributed by atoms with Crippen LogP contribution in [0.4, 0.5) is 8.78 Å². The van der Waals surface area contributed by atoms with Crippen LogP contribution in [0.2, 0.25) is 0 Å². The molecule has 0 aliphatic heterocycles. The number of nitrogens with two attached hydrogens (primary N) is 1. The van der Waals surface area contributed by atoms with Gasteiger partial charge in [-0.25, -0.2) is 8.78 Å². The van der Waals surface area contributed by atoms with Crippen LogP contribution in [0.5, 0.6) is 0 Å². The molecule has 0 spiro atoms. The summed E-state index contributed by atoms with van der Waals surface area (Å²) in [6.07, 6.45) is 4.43. The third-order valence-electron chi connectivity index (χ3n) is 8.01. The Morgan fingerprint density at radius 3 is 2.67 bits per heavy atom. The fourth-order valence-electron chi connectivity index (χ4n) is 6.35. The Morgan fingerprint density at radius 2 is 1.96 bits per heavy atom. The number of allylic oxidation sites excluding steroid dienone is 3. The van der Waals surface area contributed by atoms with Gasteiger partial charge in [0.25, 0.3) is 0 Å². The van der Waals surface area contributed by atoms with E-state index in [4.69, 9.17) is 5.73 Å². The minimum absolute atomic E-state index is 0.124. The lowest BCUT2D eigenvalue weighted by molar-refractivity contribution is -0.196. The molecule has 4 aliphatic carbocycles. The lowest BCUT2D eigenvalue weighted by Gasteiger charge is -2.62. The Labute approximate surface area is 141 Å². The van der Waals surface area contributed by atoms with Crippen LogP contribution in [0.15, 0.2) is 24.0 Å². The van der Waals surface area contributed by atoms with E-state index in [1.165, 1.54) is 0 Å². The molecule has 24 heavy (non-hydrogen) atoms. The van der Waals surface area contributed by atoms with Crippen molar-refractivity contribution in [3.63, 3.8) is 0 Å². The normalized spacial score (nSPS) is 59.3. The molecule has 5 heteroatoms. The SMILES string of the molecule is C[C@]12CC[C@@]3(F)[C@@H]([C@@H](O)C[C@@H]4C=C(O)C=C[C@@]43C)[C@@H]1C[C@@H](F)[C@@H]2N. The van der Waals surface area contributed by atoms with Crippen LogP contribution in [0.25, 0.3) is 0 Å². The van der Waals surface area contributed by atoms with Gasteiger partial charge in [-0.05, 0) is 55.1 Å². The zero-order valence-corrected chi connectivity index (χ0v) is 14.3. The van der Waals surface area contributed by atoms with Crippen LogP contribution in [-0.2, 0) is 0 Å². The van der Waals surface area contributed by atoms with Crippen LogP contribution in [-0.4, -0.2) is 34.2 Å². The van der Waals surface area contributed by atoms with E-state index >= 15 is 4.39 Å². The molecule has 0 aromatic rings. The average molecular weight is 339 g/mol. The molecular weight excluding hydrogens is 312 g/mol. The van der Waals surface area contributed by atoms with Crippen LogP contribution in [0.3, 0.4) is 0 Å². The zero-order chi connectivity index (χ0) is 17.5. The number of aliphatic hydroxyl groups is 2. The summed E-state index contributed by atoms with van der Waals surface area (Å²) >= 11 is 0. The number of hydrogen-bond acceptors (Lipinski definition) is 3. The molecule has 3 fully saturated rings. The molecule has 4 aliphatic rings. The van der Waals surface area contributed by atoms with E-state index in [0.717, 1.165) is 0 Å². The third kappa shape index (κ3) is 1.78. The van der Waals surface area contributed by atoms with E-state index in [-0.39, 0.29) is 30.4 Å². The van der Waals surface area contributed by atoms with Crippen LogP contribution in [0.1, 0.15) is 39.5 Å². The molecule has 3 saturated carbocycles. The van der Waals surface area contributed by atoms with Crippen molar-refractivity contribution >= 4 is 0 Å². The second kappa shape index (κ2) is 4.82. The van der Waals surface area contributed by atoms with Crippen molar-refractivity contribution in [1.82, 2.24) is 0 Å². The summed E-state index contributed by atoms with van der Waals surface area (Å²) in [6, 6.07) is -0.587. The Kier molecular flexibility index (Phi) is 3.32. The highest BCUT2D eigenvalue weighted by Crippen LogP contribution is 2.68. The molecule has 0 aromatic carbocycles. The molecule has 4 N–H and O–H groups in total. The standard InChI is InChI=1S/C19H27F2NO2/c1-17-5-6-19(21)15(12(17)9-13(20)16(17)22)14(24)8-10-7-11(23)3-4-18(10,19)2/h3-4,7,10,12-16,23-24H,5-6,8-9,22H2,1-2H3/t10-,12-,13+,14-,15+,16-,17-,18-,19+/m0/s1. The molecule has 134 valence electrons. The van der Waals surface area contributed by atoms with Gasteiger partial charge >= 0.3 is 0 Å². The van der Waals surface area contributed by atoms with Gasteiger partial charge in [0.1, 0.15) is 17.6 Å². The van der Waals surface area contributed by atoms with Gasteiger partial charge in [-0.15, -0.1) is 0 Å². The molecular formula is C19H27F2NO2. The first kappa shape index (κ1) is 16.5. The lowest BCUT2D eigenvalue weighted by Crippen LogP contribution is -2.66. The van der Waals surface area contributed by atoms with E-state index in [0.29, 0.717) is 12.8 Å². The zero-order valence-electron chi connectivity index (χ0n) is 14.3. The molecule has 3 nitrogen and oxygen atoms in total. The van der Waals surface area contributed by atoms with Crippen LogP contribution in [0, 0.1) is 28.6 Å². The molecule has 0 heterocycles. The number of rotatable bonds is 0. The van der Waals surface area contributed by atoms with E-state index in [2.05, 4.69) is 0 Å². The maximum absolute atomic E-state index is 16.5. The smallest absolute Gasteiger partial charge is 0.125 e. The topological polar surface area (TPSA) is 66.5 Å². The van der Waals surface area contributed by atoms with Gasteiger partial charge in [0.2, 0.25) is 0 Å². The van der Waals surface area contributed by atoms with Crippen molar-refractivity contribution in [1.29, 1.82) is 0 Å². The lowest BCUT2D eigenvalue weighted by atomic mass is 9.44. The van der Waals surface area contributed by atoms with Crippen molar-refractivity contribution < 1.29 is 19.0 Å². The molecule has 0 bridgehead atoms. The van der Waals surface area contributed by atoms with Crippen molar-refractivity contribution in [3.8, 4) is 0 Å². The van der Waals surface area contributed by atoms with E-state index in [1.54, 1.807) is 18.2 Å². The minimum Gasteiger partial charge on any atom is -0.508 e. The fourth-order valence-corrected chi connectivity index (χ4v) is 6.35. The van der Waals surface area contributed by atoms with Gasteiger partial charge in [-0.1, -0.05) is 19.9 Å². The quantitative estimate of drug-likeness (QED) is 0.635. The van der Waals surface area contributed by atoms with Crippen LogP contribution < -0.4 is 5.73 Å². The fraction of sp³-hybridized carbons (Fsp3) is 0.789. The summed E-state index contributed by atoms with van der Waals surface area (Å²) in [5.41, 5.74) is 3.26. The van der Waals surface area contributed by atoms with Crippen molar-refractivity contribution in [3.05, 3.63) is 24.0 Å². The maximum Gasteiger partial charge on any atom is 0.125 e. The predicted molar refractivity (Wildman–Crippen MR) is 87.7 cm³/mol. The molecule has 0 unspecified atom stereocenters. The summed E-state index contributed by atoms with van der Waals surface area (Å²) in [6.45, 7) is 3.84. The summed E-state index contributed by atoms with van der Waals surface area (Å²) < 4.78 is 30.9. The summed E-state index contributed by atoms with van der Waals surface area (Å²) in [7, 11) is 0. The number of fused-ring (bicyclic) bond motifs is 5. The van der Waals surface area contributed by atoms with Crippen molar-refractivity contribution in [2.75, 3.05) is 0 Å². The van der Waals surface area contributed by atoms with Gasteiger partial charge in [0.15, 0.2) is 0 Å². The highest BCUT2D eigenvalue weighted by Gasteiger charge is 2.70. The molecule has 0 amide bonds. The Bertz CT molecular complexity index is 622.